The number of aromatic amines is 1. The molecule has 5 nitrogen and oxygen atoms in total. The number of nitrogens with two attached hydrogens (primary N) is 1. The Kier molecular flexibility index (Phi) is 3.50. The van der Waals surface area contributed by atoms with E-state index in [1.807, 2.05) is 12.3 Å². The Hall–Kier alpha value is -2.79. The monoisotopic (exact) mass is 320 g/mol. The molecule has 5 heteroatoms. The van der Waals surface area contributed by atoms with E-state index in [4.69, 9.17) is 10.5 Å². The molecule has 0 aliphatic rings. The predicted molar refractivity (Wildman–Crippen MR) is 99.9 cm³/mol. The average molecular weight is 320 g/mol. The second-order valence-electron chi connectivity index (χ2n) is 5.93. The molecule has 0 bridgehead atoms. The topological polar surface area (TPSA) is 76.0 Å². The number of ether oxygens (including phenoxy) is 1. The number of benzene rings is 2. The molecular formula is C19H20N4O. The minimum atomic E-state index is 0.573. The molecule has 2 aromatic carbocycles. The van der Waals surface area contributed by atoms with Crippen LogP contribution in [-0.2, 0) is 0 Å². The molecule has 0 radical (unpaired) electrons. The van der Waals surface area contributed by atoms with Crippen molar-refractivity contribution in [2.75, 3.05) is 25.5 Å². The summed E-state index contributed by atoms with van der Waals surface area (Å²) in [6, 6.07) is 10.4. The quantitative estimate of drug-likeness (QED) is 0.537. The van der Waals surface area contributed by atoms with E-state index in [0.29, 0.717) is 13.1 Å². The fourth-order valence-corrected chi connectivity index (χ4v) is 3.32. The van der Waals surface area contributed by atoms with Crippen LogP contribution in [0.1, 0.15) is 5.56 Å². The predicted octanol–water partition coefficient (Wildman–Crippen LogP) is 3.56. The zero-order chi connectivity index (χ0) is 16.7. The molecule has 2 heterocycles. The van der Waals surface area contributed by atoms with E-state index in [2.05, 4.69) is 46.5 Å². The van der Waals surface area contributed by atoms with Gasteiger partial charge in [-0.1, -0.05) is 0 Å². The molecule has 4 N–H and O–H groups in total. The van der Waals surface area contributed by atoms with Crippen LogP contribution in [0.3, 0.4) is 0 Å². The molecule has 122 valence electrons. The Bertz CT molecular complexity index is 1050. The first-order chi connectivity index (χ1) is 11.7. The van der Waals surface area contributed by atoms with Gasteiger partial charge in [-0.05, 0) is 48.2 Å². The number of nitrogens with zero attached hydrogens (tertiary/aromatic N) is 1. The van der Waals surface area contributed by atoms with Crippen LogP contribution >= 0.6 is 0 Å². The Labute approximate surface area is 139 Å². The standard InChI is InChI=1S/C19H20N4O/c1-11-13-5-7-21-19(22-8-6-20)16(13)10-15-14-9-12(24-2)3-4-17(14)23-18(11)15/h3-5,7,9-10,23H,6,8,20H2,1-2H3,(H,21,22). The first-order valence-electron chi connectivity index (χ1n) is 8.04. The zero-order valence-electron chi connectivity index (χ0n) is 13.8. The molecule has 0 saturated heterocycles. The highest BCUT2D eigenvalue weighted by atomic mass is 16.5. The van der Waals surface area contributed by atoms with E-state index >= 15 is 0 Å². The van der Waals surface area contributed by atoms with Crippen molar-refractivity contribution in [1.82, 2.24) is 9.97 Å². The third kappa shape index (κ3) is 2.17. The van der Waals surface area contributed by atoms with Crippen molar-refractivity contribution in [3.63, 3.8) is 0 Å². The van der Waals surface area contributed by atoms with Gasteiger partial charge in [0.1, 0.15) is 11.6 Å². The summed E-state index contributed by atoms with van der Waals surface area (Å²) in [6.45, 7) is 3.42. The van der Waals surface area contributed by atoms with Crippen LogP contribution < -0.4 is 15.8 Å². The van der Waals surface area contributed by atoms with Crippen molar-refractivity contribution < 1.29 is 4.74 Å². The molecule has 0 spiro atoms. The number of anilines is 1. The summed E-state index contributed by atoms with van der Waals surface area (Å²) in [6.07, 6.45) is 1.84. The maximum absolute atomic E-state index is 5.62. The molecule has 0 fully saturated rings. The van der Waals surface area contributed by atoms with Crippen molar-refractivity contribution in [2.45, 2.75) is 6.92 Å². The number of methoxy groups -OCH3 is 1. The van der Waals surface area contributed by atoms with Crippen molar-refractivity contribution in [1.29, 1.82) is 0 Å². The lowest BCUT2D eigenvalue weighted by atomic mass is 10.0. The van der Waals surface area contributed by atoms with E-state index in [-0.39, 0.29) is 0 Å². The van der Waals surface area contributed by atoms with Crippen LogP contribution in [0.5, 0.6) is 5.75 Å². The fourth-order valence-electron chi connectivity index (χ4n) is 3.32. The Morgan fingerprint density at radius 2 is 2.00 bits per heavy atom. The Morgan fingerprint density at radius 3 is 2.79 bits per heavy atom. The van der Waals surface area contributed by atoms with Crippen LogP contribution in [0.25, 0.3) is 32.6 Å². The summed E-state index contributed by atoms with van der Waals surface area (Å²) in [5.41, 5.74) is 9.10. The lowest BCUT2D eigenvalue weighted by Gasteiger charge is -2.10. The van der Waals surface area contributed by atoms with Gasteiger partial charge in [-0.15, -0.1) is 0 Å². The third-order valence-electron chi connectivity index (χ3n) is 4.54. The van der Waals surface area contributed by atoms with Crippen LogP contribution in [0.4, 0.5) is 5.82 Å². The minimum absolute atomic E-state index is 0.573. The maximum Gasteiger partial charge on any atom is 0.133 e. The van der Waals surface area contributed by atoms with Gasteiger partial charge in [0.25, 0.3) is 0 Å². The zero-order valence-corrected chi connectivity index (χ0v) is 13.8. The molecule has 0 saturated carbocycles. The van der Waals surface area contributed by atoms with E-state index in [9.17, 15) is 0 Å². The summed E-state index contributed by atoms with van der Waals surface area (Å²) in [5, 5.41) is 7.96. The van der Waals surface area contributed by atoms with Gasteiger partial charge in [-0.25, -0.2) is 4.98 Å². The van der Waals surface area contributed by atoms with Gasteiger partial charge in [0.05, 0.1) is 12.6 Å². The van der Waals surface area contributed by atoms with Crippen LogP contribution in [-0.4, -0.2) is 30.2 Å². The van der Waals surface area contributed by atoms with Crippen molar-refractivity contribution in [3.8, 4) is 5.75 Å². The molecule has 2 aromatic heterocycles. The molecule has 0 amide bonds. The smallest absolute Gasteiger partial charge is 0.133 e. The minimum Gasteiger partial charge on any atom is -0.497 e. The molecule has 4 aromatic rings. The normalized spacial score (nSPS) is 11.5. The number of aromatic nitrogens is 2. The largest absolute Gasteiger partial charge is 0.497 e. The van der Waals surface area contributed by atoms with Crippen molar-refractivity contribution >= 4 is 38.4 Å². The van der Waals surface area contributed by atoms with E-state index < -0.39 is 0 Å². The molecule has 4 rings (SSSR count). The number of H-pyrrole nitrogens is 1. The van der Waals surface area contributed by atoms with Crippen molar-refractivity contribution in [3.05, 3.63) is 42.1 Å². The van der Waals surface area contributed by atoms with Gasteiger partial charge in [-0.2, -0.15) is 0 Å². The van der Waals surface area contributed by atoms with Crippen molar-refractivity contribution in [2.24, 2.45) is 5.73 Å². The first-order valence-corrected chi connectivity index (χ1v) is 8.04. The molecule has 0 unspecified atom stereocenters. The number of nitrogens with one attached hydrogen (secondary N) is 2. The average Bonchev–Trinajstić information content (AvgIpc) is 2.98. The summed E-state index contributed by atoms with van der Waals surface area (Å²) >= 11 is 0. The number of pyridine rings is 1. The third-order valence-corrected chi connectivity index (χ3v) is 4.54. The number of aryl methyl sites for hydroxylation is 1. The Balaban J connectivity index is 2.07. The molecular weight excluding hydrogens is 300 g/mol. The summed E-state index contributed by atoms with van der Waals surface area (Å²) < 4.78 is 5.38. The molecule has 0 aliphatic carbocycles. The van der Waals surface area contributed by atoms with Crippen LogP contribution in [0.15, 0.2) is 36.5 Å². The molecule has 0 aliphatic heterocycles. The van der Waals surface area contributed by atoms with Gasteiger partial charge >= 0.3 is 0 Å². The van der Waals surface area contributed by atoms with Gasteiger partial charge in [0.15, 0.2) is 0 Å². The lowest BCUT2D eigenvalue weighted by Crippen LogP contribution is -2.14. The van der Waals surface area contributed by atoms with E-state index in [1.54, 1.807) is 7.11 Å². The van der Waals surface area contributed by atoms with Gasteiger partial charge in [-0.3, -0.25) is 0 Å². The van der Waals surface area contributed by atoms with Gasteiger partial charge in [0.2, 0.25) is 0 Å². The van der Waals surface area contributed by atoms with Gasteiger partial charge < -0.3 is 20.8 Å². The SMILES string of the molecule is COc1ccc2[nH]c3c(C)c4ccnc(NCCN)c4cc3c2c1. The van der Waals surface area contributed by atoms with E-state index in [1.165, 1.54) is 16.3 Å². The highest BCUT2D eigenvalue weighted by Gasteiger charge is 2.13. The van der Waals surface area contributed by atoms with Gasteiger partial charge in [0, 0.05) is 41.0 Å². The summed E-state index contributed by atoms with van der Waals surface area (Å²) in [7, 11) is 1.69. The molecule has 0 atom stereocenters. The van der Waals surface area contributed by atoms with Crippen LogP contribution in [0.2, 0.25) is 0 Å². The summed E-state index contributed by atoms with van der Waals surface area (Å²) in [4.78, 5) is 8.02. The number of fused-ring (bicyclic) bond motifs is 4. The number of hydrogen-bond donors (Lipinski definition) is 3. The Morgan fingerprint density at radius 1 is 1.12 bits per heavy atom. The second-order valence-corrected chi connectivity index (χ2v) is 5.93. The van der Waals surface area contributed by atoms with Crippen LogP contribution in [0, 0.1) is 6.92 Å². The fraction of sp³-hybridized carbons (Fsp3) is 0.211. The highest BCUT2D eigenvalue weighted by Crippen LogP contribution is 2.36. The highest BCUT2D eigenvalue weighted by molar-refractivity contribution is 6.15. The van der Waals surface area contributed by atoms with E-state index in [0.717, 1.165) is 33.4 Å². The molecule has 24 heavy (non-hydrogen) atoms. The second kappa shape index (κ2) is 5.69. The summed E-state index contributed by atoms with van der Waals surface area (Å²) in [5.74, 6) is 1.73. The maximum atomic E-state index is 5.62. The number of rotatable bonds is 4. The lowest BCUT2D eigenvalue weighted by molar-refractivity contribution is 0.415. The number of hydrogen-bond acceptors (Lipinski definition) is 4. The first kappa shape index (κ1) is 14.8.